The van der Waals surface area contributed by atoms with Gasteiger partial charge in [0.1, 0.15) is 0 Å². The summed E-state index contributed by atoms with van der Waals surface area (Å²) >= 11 is 0. The summed E-state index contributed by atoms with van der Waals surface area (Å²) in [4.78, 5) is 0. The molecule has 5 aromatic carbocycles. The van der Waals surface area contributed by atoms with Gasteiger partial charge in [0.15, 0.2) is 0 Å². The largest absolute Gasteiger partial charge is 0.0620 e. The highest BCUT2D eigenvalue weighted by atomic mass is 14.2. The third kappa shape index (κ3) is 3.85. The SMILES string of the molecule is Cc1ccc(-c2ccc(C)c(-c3ccc4ccccc4c3Cc3ccccc3C)c2)cc1. The number of hydrogen-bond donors (Lipinski definition) is 0. The minimum Gasteiger partial charge on any atom is -0.0620 e. The van der Waals surface area contributed by atoms with Gasteiger partial charge in [-0.05, 0) is 88.5 Å². The predicted molar refractivity (Wildman–Crippen MR) is 138 cm³/mol. The molecule has 32 heavy (non-hydrogen) atoms. The Hall–Kier alpha value is -3.64. The second-order valence-corrected chi connectivity index (χ2v) is 8.81. The maximum absolute atomic E-state index is 2.37. The summed E-state index contributed by atoms with van der Waals surface area (Å²) in [6.07, 6.45) is 0.928. The molecule has 0 amide bonds. The Morgan fingerprint density at radius 3 is 2.06 bits per heavy atom. The number of rotatable bonds is 4. The third-order valence-electron chi connectivity index (χ3n) is 6.58. The van der Waals surface area contributed by atoms with E-state index in [1.807, 2.05) is 0 Å². The van der Waals surface area contributed by atoms with Crippen molar-refractivity contribution < 1.29 is 0 Å². The van der Waals surface area contributed by atoms with Gasteiger partial charge in [-0.1, -0.05) is 103 Å². The first-order valence-electron chi connectivity index (χ1n) is 11.3. The molecule has 0 saturated carbocycles. The minimum absolute atomic E-state index is 0.928. The monoisotopic (exact) mass is 412 g/mol. The number of fused-ring (bicyclic) bond motifs is 1. The molecule has 0 aliphatic heterocycles. The molecule has 0 heterocycles. The molecule has 0 unspecified atom stereocenters. The molecule has 156 valence electrons. The summed E-state index contributed by atoms with van der Waals surface area (Å²) in [5.74, 6) is 0. The van der Waals surface area contributed by atoms with Gasteiger partial charge < -0.3 is 0 Å². The van der Waals surface area contributed by atoms with E-state index in [4.69, 9.17) is 0 Å². The van der Waals surface area contributed by atoms with Gasteiger partial charge in [-0.15, -0.1) is 0 Å². The van der Waals surface area contributed by atoms with E-state index in [0.29, 0.717) is 0 Å². The average Bonchev–Trinajstić information content (AvgIpc) is 2.82. The second kappa shape index (κ2) is 8.48. The summed E-state index contributed by atoms with van der Waals surface area (Å²) in [5, 5.41) is 2.64. The van der Waals surface area contributed by atoms with Crippen molar-refractivity contribution in [1.82, 2.24) is 0 Å². The fourth-order valence-corrected chi connectivity index (χ4v) is 4.62. The molecule has 5 rings (SSSR count). The van der Waals surface area contributed by atoms with E-state index in [-0.39, 0.29) is 0 Å². The number of hydrogen-bond acceptors (Lipinski definition) is 0. The molecule has 0 saturated heterocycles. The van der Waals surface area contributed by atoms with Gasteiger partial charge in [0.25, 0.3) is 0 Å². The minimum atomic E-state index is 0.928. The van der Waals surface area contributed by atoms with Gasteiger partial charge in [-0.3, -0.25) is 0 Å². The molecule has 0 N–H and O–H groups in total. The Morgan fingerprint density at radius 2 is 1.25 bits per heavy atom. The summed E-state index contributed by atoms with van der Waals surface area (Å²) in [6, 6.07) is 37.8. The van der Waals surface area contributed by atoms with Crippen molar-refractivity contribution in [3.63, 3.8) is 0 Å². The molecule has 0 fully saturated rings. The molecule has 0 bridgehead atoms. The normalized spacial score (nSPS) is 11.1. The molecule has 0 aliphatic rings. The van der Waals surface area contributed by atoms with Crippen molar-refractivity contribution in [2.75, 3.05) is 0 Å². The molecule has 0 heteroatoms. The van der Waals surface area contributed by atoms with E-state index in [1.165, 1.54) is 60.8 Å². The van der Waals surface area contributed by atoms with E-state index in [0.717, 1.165) is 6.42 Å². The molecule has 0 spiro atoms. The predicted octanol–water partition coefficient (Wildman–Crippen LogP) is 8.69. The van der Waals surface area contributed by atoms with Gasteiger partial charge in [-0.2, -0.15) is 0 Å². The van der Waals surface area contributed by atoms with Gasteiger partial charge in [0, 0.05) is 0 Å². The molecule has 0 radical (unpaired) electrons. The summed E-state index contributed by atoms with van der Waals surface area (Å²) < 4.78 is 0. The highest BCUT2D eigenvalue weighted by molar-refractivity contribution is 5.93. The summed E-state index contributed by atoms with van der Waals surface area (Å²) in [7, 11) is 0. The maximum Gasteiger partial charge on any atom is -0.00108 e. The Bertz CT molecular complexity index is 1400. The van der Waals surface area contributed by atoms with Gasteiger partial charge in [0.2, 0.25) is 0 Å². The quantitative estimate of drug-likeness (QED) is 0.277. The van der Waals surface area contributed by atoms with E-state index in [2.05, 4.69) is 124 Å². The highest BCUT2D eigenvalue weighted by Crippen LogP contribution is 2.36. The van der Waals surface area contributed by atoms with Crippen LogP contribution in [0.5, 0.6) is 0 Å². The topological polar surface area (TPSA) is 0 Å². The van der Waals surface area contributed by atoms with Crippen molar-refractivity contribution in [2.24, 2.45) is 0 Å². The van der Waals surface area contributed by atoms with E-state index in [1.54, 1.807) is 0 Å². The zero-order valence-corrected chi connectivity index (χ0v) is 19.0. The van der Waals surface area contributed by atoms with Crippen LogP contribution in [-0.2, 0) is 6.42 Å². The van der Waals surface area contributed by atoms with Crippen LogP contribution in [0.3, 0.4) is 0 Å². The number of aryl methyl sites for hydroxylation is 3. The van der Waals surface area contributed by atoms with Gasteiger partial charge in [0.05, 0.1) is 0 Å². The van der Waals surface area contributed by atoms with Crippen LogP contribution < -0.4 is 0 Å². The molecule has 0 nitrogen and oxygen atoms in total. The fraction of sp³-hybridized carbons (Fsp3) is 0.125. The van der Waals surface area contributed by atoms with E-state index >= 15 is 0 Å². The van der Waals surface area contributed by atoms with E-state index < -0.39 is 0 Å². The van der Waals surface area contributed by atoms with Crippen molar-refractivity contribution in [2.45, 2.75) is 27.2 Å². The zero-order valence-electron chi connectivity index (χ0n) is 19.0. The summed E-state index contributed by atoms with van der Waals surface area (Å²) in [5.41, 5.74) is 11.9. The molecule has 5 aromatic rings. The first-order valence-corrected chi connectivity index (χ1v) is 11.3. The fourth-order valence-electron chi connectivity index (χ4n) is 4.62. The Morgan fingerprint density at radius 1 is 0.531 bits per heavy atom. The van der Waals surface area contributed by atoms with Crippen molar-refractivity contribution in [1.29, 1.82) is 0 Å². The van der Waals surface area contributed by atoms with Crippen LogP contribution in [0.2, 0.25) is 0 Å². The maximum atomic E-state index is 2.37. The zero-order chi connectivity index (χ0) is 22.1. The van der Waals surface area contributed by atoms with E-state index in [9.17, 15) is 0 Å². The smallest absolute Gasteiger partial charge is 0.00108 e. The van der Waals surface area contributed by atoms with Gasteiger partial charge >= 0.3 is 0 Å². The van der Waals surface area contributed by atoms with Crippen LogP contribution in [0.4, 0.5) is 0 Å². The third-order valence-corrected chi connectivity index (χ3v) is 6.58. The van der Waals surface area contributed by atoms with Crippen molar-refractivity contribution in [3.8, 4) is 22.3 Å². The second-order valence-electron chi connectivity index (χ2n) is 8.81. The molecule has 0 atom stereocenters. The Kier molecular flexibility index (Phi) is 5.37. The molecule has 0 aliphatic carbocycles. The lowest BCUT2D eigenvalue weighted by Gasteiger charge is -2.17. The highest BCUT2D eigenvalue weighted by Gasteiger charge is 2.14. The molecular formula is C32H28. The van der Waals surface area contributed by atoms with Crippen LogP contribution in [0, 0.1) is 20.8 Å². The first-order chi connectivity index (χ1) is 15.6. The van der Waals surface area contributed by atoms with Gasteiger partial charge in [-0.25, -0.2) is 0 Å². The molecular weight excluding hydrogens is 384 g/mol. The van der Waals surface area contributed by atoms with Crippen LogP contribution >= 0.6 is 0 Å². The average molecular weight is 413 g/mol. The standard InChI is InChI=1S/C32H28/c1-22-12-15-25(16-13-22)28-17-14-24(3)31(21-28)30-19-18-26-9-6-7-11-29(26)32(30)20-27-10-5-4-8-23(27)2/h4-19,21H,20H2,1-3H3. The van der Waals surface area contributed by atoms with Crippen LogP contribution in [-0.4, -0.2) is 0 Å². The lowest BCUT2D eigenvalue weighted by atomic mass is 9.86. The molecule has 0 aromatic heterocycles. The van der Waals surface area contributed by atoms with Crippen LogP contribution in [0.25, 0.3) is 33.0 Å². The van der Waals surface area contributed by atoms with Crippen LogP contribution in [0.1, 0.15) is 27.8 Å². The van der Waals surface area contributed by atoms with Crippen molar-refractivity contribution >= 4 is 10.8 Å². The lowest BCUT2D eigenvalue weighted by Crippen LogP contribution is -1.98. The van der Waals surface area contributed by atoms with Crippen molar-refractivity contribution in [3.05, 3.63) is 131 Å². The first kappa shape index (κ1) is 20.3. The van der Waals surface area contributed by atoms with Crippen LogP contribution in [0.15, 0.2) is 103 Å². The Balaban J connectivity index is 1.71. The Labute approximate surface area is 191 Å². The lowest BCUT2D eigenvalue weighted by molar-refractivity contribution is 1.17. The number of benzene rings is 5. The summed E-state index contributed by atoms with van der Waals surface area (Å²) in [6.45, 7) is 6.57.